The number of benzene rings is 4. The van der Waals surface area contributed by atoms with Crippen molar-refractivity contribution in [3.05, 3.63) is 131 Å². The molecule has 3 saturated heterocycles. The van der Waals surface area contributed by atoms with E-state index in [1.165, 1.54) is 4.90 Å². The molecule has 7 rings (SSSR count). The fourth-order valence-electron chi connectivity index (χ4n) is 7.71. The van der Waals surface area contributed by atoms with E-state index in [4.69, 9.17) is 18.9 Å². The number of hydrogen-bond acceptors (Lipinski definition) is 10. The molecule has 3 heterocycles. The number of amides is 3. The minimum atomic E-state index is -0.989. The molecule has 3 aliphatic rings. The number of carbonyl (C=O) groups is 4. The van der Waals surface area contributed by atoms with Crippen molar-refractivity contribution in [1.29, 1.82) is 0 Å². The first-order valence-electron chi connectivity index (χ1n) is 19.9. The highest BCUT2D eigenvalue weighted by atomic mass is 16.7. The molecular formula is C46H51N3O9. The van der Waals surface area contributed by atoms with Crippen LogP contribution in [0, 0.1) is 0 Å². The lowest BCUT2D eigenvalue weighted by molar-refractivity contribution is -0.253. The molecule has 58 heavy (non-hydrogen) atoms. The van der Waals surface area contributed by atoms with Gasteiger partial charge in [0.1, 0.15) is 24.3 Å². The van der Waals surface area contributed by atoms with Crippen molar-refractivity contribution in [2.45, 2.75) is 102 Å². The Morgan fingerprint density at radius 1 is 0.845 bits per heavy atom. The van der Waals surface area contributed by atoms with E-state index in [2.05, 4.69) is 10.2 Å². The maximum absolute atomic E-state index is 13.2. The molecule has 3 fully saturated rings. The van der Waals surface area contributed by atoms with Crippen LogP contribution in [0.3, 0.4) is 0 Å². The van der Waals surface area contributed by atoms with Crippen LogP contribution in [0.25, 0.3) is 11.1 Å². The smallest absolute Gasteiger partial charge is 0.408 e. The van der Waals surface area contributed by atoms with Crippen LogP contribution >= 0.6 is 0 Å². The Morgan fingerprint density at radius 2 is 1.57 bits per heavy atom. The largest absolute Gasteiger partial charge is 0.459 e. The summed E-state index contributed by atoms with van der Waals surface area (Å²) in [6.07, 6.45) is 0.163. The molecular weight excluding hydrogens is 739 g/mol. The predicted octanol–water partition coefficient (Wildman–Crippen LogP) is 6.75. The summed E-state index contributed by atoms with van der Waals surface area (Å²) >= 11 is 0. The van der Waals surface area contributed by atoms with Gasteiger partial charge >= 0.3 is 12.1 Å². The Kier molecular flexibility index (Phi) is 12.7. The summed E-state index contributed by atoms with van der Waals surface area (Å²) in [5.74, 6) is -1.05. The van der Waals surface area contributed by atoms with Crippen molar-refractivity contribution in [2.75, 3.05) is 13.1 Å². The second kappa shape index (κ2) is 18.0. The number of aliphatic hydroxyl groups is 1. The average Bonchev–Trinajstić information content (AvgIpc) is 3.79. The van der Waals surface area contributed by atoms with Crippen LogP contribution in [0.1, 0.15) is 86.7 Å². The Balaban J connectivity index is 1.01. The van der Waals surface area contributed by atoms with Crippen molar-refractivity contribution < 1.29 is 43.2 Å². The van der Waals surface area contributed by atoms with Crippen LogP contribution in [0.5, 0.6) is 0 Å². The van der Waals surface area contributed by atoms with Crippen LogP contribution in [-0.4, -0.2) is 75.7 Å². The molecule has 5 atom stereocenters. The van der Waals surface area contributed by atoms with Crippen LogP contribution in [0.4, 0.5) is 4.79 Å². The first-order chi connectivity index (χ1) is 27.9. The molecule has 0 aliphatic carbocycles. The van der Waals surface area contributed by atoms with Gasteiger partial charge in [0, 0.05) is 18.5 Å². The summed E-state index contributed by atoms with van der Waals surface area (Å²) in [5.41, 5.74) is 5.46. The van der Waals surface area contributed by atoms with Gasteiger partial charge < -0.3 is 29.4 Å². The molecule has 3 amide bonds. The van der Waals surface area contributed by atoms with Gasteiger partial charge in [-0.25, -0.2) is 4.79 Å². The molecule has 4 aromatic carbocycles. The third-order valence-corrected chi connectivity index (χ3v) is 10.6. The second-order valence-electron chi connectivity index (χ2n) is 16.1. The number of esters is 1. The van der Waals surface area contributed by atoms with Crippen molar-refractivity contribution in [2.24, 2.45) is 0 Å². The standard InChI is InChI=1S/C46H51N3O9/c1-46(2,3)58-43(53)39-13-8-22-48(39)27-37-24-40(34-16-14-30(28-50)15-17-34)57-44(56-37)35-20-18-33(19-21-35)36-12-7-11-32(23-36)26-49-41(51)25-38(42(49)52)47-45(54)55-29-31-9-5-4-6-10-31/h4-7,9-12,14-21,23,37-40,44,50H,8,13,22,24-29H2,1-3H3,(H,47,54). The fraction of sp³-hybridized carbons (Fsp3) is 0.391. The number of ether oxygens (including phenoxy) is 4. The van der Waals surface area contributed by atoms with Crippen LogP contribution in [0.2, 0.25) is 0 Å². The summed E-state index contributed by atoms with van der Waals surface area (Å²) < 4.78 is 24.2. The van der Waals surface area contributed by atoms with Crippen molar-refractivity contribution >= 4 is 23.9 Å². The molecule has 12 heteroatoms. The van der Waals surface area contributed by atoms with Gasteiger partial charge in [-0.3, -0.25) is 24.2 Å². The van der Waals surface area contributed by atoms with Gasteiger partial charge in [-0.2, -0.15) is 0 Å². The molecule has 4 aromatic rings. The molecule has 0 spiro atoms. The zero-order valence-corrected chi connectivity index (χ0v) is 33.2. The van der Waals surface area contributed by atoms with E-state index in [1.807, 2.05) is 124 Å². The highest BCUT2D eigenvalue weighted by Gasteiger charge is 2.41. The Morgan fingerprint density at radius 3 is 2.29 bits per heavy atom. The average molecular weight is 790 g/mol. The zero-order chi connectivity index (χ0) is 40.8. The van der Waals surface area contributed by atoms with E-state index in [0.29, 0.717) is 13.0 Å². The second-order valence-corrected chi connectivity index (χ2v) is 16.1. The number of nitrogens with zero attached hydrogens (tertiary/aromatic N) is 2. The highest BCUT2D eigenvalue weighted by molar-refractivity contribution is 6.06. The lowest BCUT2D eigenvalue weighted by Gasteiger charge is -2.38. The van der Waals surface area contributed by atoms with Gasteiger partial charge in [-0.15, -0.1) is 0 Å². The van der Waals surface area contributed by atoms with E-state index in [0.717, 1.165) is 58.3 Å². The van der Waals surface area contributed by atoms with Crippen molar-refractivity contribution in [3.63, 3.8) is 0 Å². The molecule has 0 saturated carbocycles. The van der Waals surface area contributed by atoms with Gasteiger partial charge in [0.2, 0.25) is 5.91 Å². The van der Waals surface area contributed by atoms with E-state index >= 15 is 0 Å². The molecule has 5 unspecified atom stereocenters. The maximum Gasteiger partial charge on any atom is 0.408 e. The number of alkyl carbamates (subject to hydrolysis) is 1. The molecule has 3 aliphatic heterocycles. The third kappa shape index (κ3) is 10.2. The number of carbonyl (C=O) groups excluding carboxylic acids is 4. The lowest BCUT2D eigenvalue weighted by Crippen LogP contribution is -2.45. The highest BCUT2D eigenvalue weighted by Crippen LogP contribution is 2.39. The first-order valence-corrected chi connectivity index (χ1v) is 19.9. The SMILES string of the molecule is CC(C)(C)OC(=O)C1CCCN1CC1CC(c2ccc(CO)cc2)OC(c2ccc(-c3cccc(CN4C(=O)CC(NC(=O)OCc5ccccc5)C4=O)c3)cc2)O1. The van der Waals surface area contributed by atoms with Gasteiger partial charge in [-0.05, 0) is 79.6 Å². The Hall–Kier alpha value is -5.40. The van der Waals surface area contributed by atoms with Gasteiger partial charge in [-0.1, -0.05) is 97.1 Å². The molecule has 0 aromatic heterocycles. The van der Waals surface area contributed by atoms with Crippen molar-refractivity contribution in [3.8, 4) is 11.1 Å². The number of hydrogen-bond donors (Lipinski definition) is 2. The summed E-state index contributed by atoms with van der Waals surface area (Å²) in [5, 5.41) is 12.2. The topological polar surface area (TPSA) is 144 Å². The number of rotatable bonds is 12. The molecule has 12 nitrogen and oxygen atoms in total. The number of nitrogens with one attached hydrogen (secondary N) is 1. The Labute approximate surface area is 339 Å². The van der Waals surface area contributed by atoms with E-state index in [9.17, 15) is 24.3 Å². The summed E-state index contributed by atoms with van der Waals surface area (Å²) in [6, 6.07) is 31.2. The van der Waals surface area contributed by atoms with Gasteiger partial charge in [0.05, 0.1) is 31.8 Å². The van der Waals surface area contributed by atoms with Gasteiger partial charge in [0.15, 0.2) is 6.29 Å². The Bertz CT molecular complexity index is 2070. The summed E-state index contributed by atoms with van der Waals surface area (Å²) in [4.78, 5) is 55.0. The minimum Gasteiger partial charge on any atom is -0.459 e. The fourth-order valence-corrected chi connectivity index (χ4v) is 7.71. The molecule has 0 radical (unpaired) electrons. The molecule has 0 bridgehead atoms. The number of likely N-dealkylation sites (tertiary alicyclic amines) is 2. The lowest BCUT2D eigenvalue weighted by atomic mass is 9.98. The normalized spacial score (nSPS) is 22.6. The zero-order valence-electron chi connectivity index (χ0n) is 33.2. The van der Waals surface area contributed by atoms with Crippen molar-refractivity contribution in [1.82, 2.24) is 15.1 Å². The van der Waals surface area contributed by atoms with E-state index in [1.54, 1.807) is 0 Å². The van der Waals surface area contributed by atoms with E-state index < -0.39 is 29.9 Å². The van der Waals surface area contributed by atoms with Crippen LogP contribution < -0.4 is 5.32 Å². The monoisotopic (exact) mass is 789 g/mol. The van der Waals surface area contributed by atoms with Gasteiger partial charge in [0.25, 0.3) is 5.91 Å². The number of imide groups is 1. The van der Waals surface area contributed by atoms with Crippen LogP contribution in [0.15, 0.2) is 103 Å². The van der Waals surface area contributed by atoms with E-state index in [-0.39, 0.29) is 56.3 Å². The number of aliphatic hydroxyl groups excluding tert-OH is 1. The summed E-state index contributed by atoms with van der Waals surface area (Å²) in [6.45, 7) is 7.06. The third-order valence-electron chi connectivity index (χ3n) is 10.6. The predicted molar refractivity (Wildman–Crippen MR) is 214 cm³/mol. The van der Waals surface area contributed by atoms with Crippen LogP contribution in [-0.2, 0) is 53.1 Å². The maximum atomic E-state index is 13.2. The molecule has 304 valence electrons. The minimum absolute atomic E-state index is 0.0448. The quantitative estimate of drug-likeness (QED) is 0.117. The summed E-state index contributed by atoms with van der Waals surface area (Å²) in [7, 11) is 0. The molecule has 2 N–H and O–H groups in total. The first kappa shape index (κ1) is 40.8.